The molecule has 3 saturated heterocycles. The van der Waals surface area contributed by atoms with Gasteiger partial charge in [-0.3, -0.25) is 9.69 Å². The number of ether oxygens (including phenoxy) is 1. The Hall–Kier alpha value is -3.16. The highest BCUT2D eigenvalue weighted by Crippen LogP contribution is 2.26. The number of carbonyl (C=O) groups is 1. The molecule has 0 spiro atoms. The highest BCUT2D eigenvalue weighted by molar-refractivity contribution is 7.89. The summed E-state index contributed by atoms with van der Waals surface area (Å²) >= 11 is 0. The number of benzene rings is 2. The summed E-state index contributed by atoms with van der Waals surface area (Å²) in [6.45, 7) is 4.91. The monoisotopic (exact) mass is 580 g/mol. The van der Waals surface area contributed by atoms with Crippen molar-refractivity contribution in [1.29, 1.82) is 0 Å². The van der Waals surface area contributed by atoms with Crippen molar-refractivity contribution in [1.82, 2.24) is 24.7 Å². The van der Waals surface area contributed by atoms with Crippen LogP contribution in [0.1, 0.15) is 42.5 Å². The topological polar surface area (TPSA) is 117 Å². The molecule has 3 aliphatic heterocycles. The van der Waals surface area contributed by atoms with Crippen molar-refractivity contribution in [3.63, 3.8) is 0 Å². The van der Waals surface area contributed by atoms with Crippen molar-refractivity contribution in [3.05, 3.63) is 60.4 Å². The fourth-order valence-corrected chi connectivity index (χ4v) is 7.30. The van der Waals surface area contributed by atoms with Gasteiger partial charge in [-0.05, 0) is 48.6 Å². The van der Waals surface area contributed by atoms with E-state index in [4.69, 9.17) is 9.57 Å². The Balaban J connectivity index is 0.974. The number of carbonyl (C=O) groups excluding carboxylic acids is 1. The zero-order valence-electron chi connectivity index (χ0n) is 23.0. The number of piperazine rings is 1. The number of piperidine rings is 1. The van der Waals surface area contributed by atoms with E-state index in [9.17, 15) is 13.2 Å². The molecule has 3 fully saturated rings. The fourth-order valence-electron chi connectivity index (χ4n) is 5.80. The van der Waals surface area contributed by atoms with Crippen LogP contribution in [0.5, 0.6) is 0 Å². The maximum atomic E-state index is 13.3. The van der Waals surface area contributed by atoms with E-state index in [1.807, 2.05) is 30.3 Å². The molecular weight excluding hydrogens is 544 g/mol. The van der Waals surface area contributed by atoms with Gasteiger partial charge in [0.1, 0.15) is 0 Å². The summed E-state index contributed by atoms with van der Waals surface area (Å²) in [5.41, 5.74) is 2.76. The Kier molecular flexibility index (Phi) is 8.45. The van der Waals surface area contributed by atoms with Crippen molar-refractivity contribution in [3.8, 4) is 0 Å². The molecule has 12 heteroatoms. The number of sulfonamides is 1. The summed E-state index contributed by atoms with van der Waals surface area (Å²) in [5.74, 6) is 0.193. The molecule has 1 amide bonds. The Bertz CT molecular complexity index is 1450. The number of hydroxylamine groups is 1. The quantitative estimate of drug-likeness (QED) is 0.421. The van der Waals surface area contributed by atoms with Crippen LogP contribution in [0.3, 0.4) is 0 Å². The normalized spacial score (nSPS) is 21.7. The van der Waals surface area contributed by atoms with E-state index in [0.717, 1.165) is 69.1 Å². The van der Waals surface area contributed by atoms with Crippen molar-refractivity contribution >= 4 is 32.7 Å². The van der Waals surface area contributed by atoms with Gasteiger partial charge in [-0.25, -0.2) is 28.7 Å². The van der Waals surface area contributed by atoms with E-state index in [1.165, 1.54) is 12.4 Å². The first-order valence-electron chi connectivity index (χ1n) is 14.3. The predicted molar refractivity (Wildman–Crippen MR) is 154 cm³/mol. The molecular formula is C29H36N6O5S. The Morgan fingerprint density at radius 2 is 1.63 bits per heavy atom. The number of hydrogen-bond donors (Lipinski definition) is 1. The molecule has 11 nitrogen and oxygen atoms in total. The van der Waals surface area contributed by atoms with Gasteiger partial charge < -0.3 is 9.64 Å². The zero-order chi connectivity index (χ0) is 28.2. The Morgan fingerprint density at radius 1 is 0.902 bits per heavy atom. The van der Waals surface area contributed by atoms with Gasteiger partial charge in [-0.1, -0.05) is 30.3 Å². The lowest BCUT2D eigenvalue weighted by molar-refractivity contribution is -0.186. The third-order valence-corrected chi connectivity index (χ3v) is 10.1. The van der Waals surface area contributed by atoms with Gasteiger partial charge in [0.25, 0.3) is 5.91 Å². The van der Waals surface area contributed by atoms with Gasteiger partial charge >= 0.3 is 0 Å². The summed E-state index contributed by atoms with van der Waals surface area (Å²) in [7, 11) is -3.52. The van der Waals surface area contributed by atoms with E-state index in [2.05, 4.69) is 25.2 Å². The van der Waals surface area contributed by atoms with Crippen molar-refractivity contribution in [2.45, 2.75) is 49.3 Å². The first kappa shape index (κ1) is 28.0. The lowest BCUT2D eigenvalue weighted by atomic mass is 10.0. The van der Waals surface area contributed by atoms with Crippen molar-refractivity contribution in [2.24, 2.45) is 0 Å². The predicted octanol–water partition coefficient (Wildman–Crippen LogP) is 2.79. The van der Waals surface area contributed by atoms with E-state index >= 15 is 0 Å². The molecule has 3 aromatic rings. The van der Waals surface area contributed by atoms with Gasteiger partial charge in [0.15, 0.2) is 6.29 Å². The lowest BCUT2D eigenvalue weighted by Crippen LogP contribution is -2.54. The molecule has 218 valence electrons. The second-order valence-electron chi connectivity index (χ2n) is 10.8. The molecule has 3 aliphatic rings. The van der Waals surface area contributed by atoms with E-state index in [0.29, 0.717) is 42.1 Å². The average molecular weight is 581 g/mol. The highest BCUT2D eigenvalue weighted by atomic mass is 32.2. The largest absolute Gasteiger partial charge is 0.350 e. The molecule has 1 unspecified atom stereocenters. The highest BCUT2D eigenvalue weighted by Gasteiger charge is 2.33. The van der Waals surface area contributed by atoms with E-state index in [-0.39, 0.29) is 0 Å². The molecule has 2 aromatic carbocycles. The molecule has 4 heterocycles. The van der Waals surface area contributed by atoms with Crippen molar-refractivity contribution in [2.75, 3.05) is 50.8 Å². The van der Waals surface area contributed by atoms with Crippen LogP contribution in [-0.4, -0.2) is 91.7 Å². The van der Waals surface area contributed by atoms with Crippen LogP contribution >= 0.6 is 0 Å². The molecule has 0 radical (unpaired) electrons. The van der Waals surface area contributed by atoms with E-state index in [1.54, 1.807) is 16.4 Å². The number of rotatable bonds is 7. The van der Waals surface area contributed by atoms with Crippen LogP contribution in [0.2, 0.25) is 0 Å². The van der Waals surface area contributed by atoms with Crippen LogP contribution in [0.15, 0.2) is 59.8 Å². The molecule has 0 aliphatic carbocycles. The molecule has 41 heavy (non-hydrogen) atoms. The number of anilines is 1. The smallest absolute Gasteiger partial charge is 0.278 e. The number of hydrogen-bond acceptors (Lipinski definition) is 9. The van der Waals surface area contributed by atoms with Gasteiger partial charge in [0, 0.05) is 70.7 Å². The summed E-state index contributed by atoms with van der Waals surface area (Å²) in [5, 5.41) is 1.97. The standard InChI is InChI=1S/C29H36N6O5S/c36-28(32-40-27-7-3-4-18-39-27)24-20-30-29(31-21-24)34-16-14-33(15-17-34)25-10-12-35(13-11-25)41(37,38)26-9-8-22-5-1-2-6-23(22)19-26/h1-2,5-6,8-9,19-21,25,27H,3-4,7,10-18H2,(H,32,36). The third kappa shape index (κ3) is 6.36. The number of nitrogens with one attached hydrogen (secondary N) is 1. The first-order chi connectivity index (χ1) is 20.0. The Labute approximate surface area is 240 Å². The molecule has 1 N–H and O–H groups in total. The van der Waals surface area contributed by atoms with Gasteiger partial charge in [-0.2, -0.15) is 4.31 Å². The van der Waals surface area contributed by atoms with Crippen LogP contribution in [0.25, 0.3) is 10.8 Å². The van der Waals surface area contributed by atoms with Gasteiger partial charge in [-0.15, -0.1) is 0 Å². The van der Waals surface area contributed by atoms with Crippen LogP contribution in [-0.2, 0) is 19.6 Å². The van der Waals surface area contributed by atoms with E-state index < -0.39 is 22.2 Å². The molecule has 6 rings (SSSR count). The molecule has 0 bridgehead atoms. The summed E-state index contributed by atoms with van der Waals surface area (Å²) in [6, 6.07) is 13.5. The van der Waals surface area contributed by atoms with Crippen LogP contribution in [0, 0.1) is 0 Å². The zero-order valence-corrected chi connectivity index (χ0v) is 23.8. The summed E-state index contributed by atoms with van der Waals surface area (Å²) < 4.78 is 33.8. The number of nitrogens with zero attached hydrogens (tertiary/aromatic N) is 5. The minimum absolute atomic E-state index is 0.327. The maximum absolute atomic E-state index is 13.3. The summed E-state index contributed by atoms with van der Waals surface area (Å²) in [6.07, 6.45) is 7.01. The second-order valence-corrected chi connectivity index (χ2v) is 12.7. The van der Waals surface area contributed by atoms with Crippen LogP contribution in [0.4, 0.5) is 5.95 Å². The second kappa shape index (κ2) is 12.4. The average Bonchev–Trinajstić information content (AvgIpc) is 3.04. The first-order valence-corrected chi connectivity index (χ1v) is 15.8. The lowest BCUT2D eigenvalue weighted by Gasteiger charge is -2.42. The van der Waals surface area contributed by atoms with Gasteiger partial charge in [0.2, 0.25) is 16.0 Å². The van der Waals surface area contributed by atoms with Crippen LogP contribution < -0.4 is 10.4 Å². The van der Waals surface area contributed by atoms with Crippen molar-refractivity contribution < 1.29 is 22.8 Å². The molecule has 0 saturated carbocycles. The summed E-state index contributed by atoms with van der Waals surface area (Å²) in [4.78, 5) is 31.5. The minimum atomic E-state index is -3.52. The molecule has 1 aromatic heterocycles. The number of fused-ring (bicyclic) bond motifs is 1. The fraction of sp³-hybridized carbons (Fsp3) is 0.483. The molecule has 1 atom stereocenters. The SMILES string of the molecule is O=C(NOC1CCCCO1)c1cnc(N2CCN(C3CCN(S(=O)(=O)c4ccc5ccccc5c4)CC3)CC2)nc1. The third-order valence-electron chi connectivity index (χ3n) is 8.22. The minimum Gasteiger partial charge on any atom is -0.350 e. The number of amides is 1. The number of aromatic nitrogens is 2. The maximum Gasteiger partial charge on any atom is 0.278 e. The Morgan fingerprint density at radius 3 is 2.34 bits per heavy atom. The van der Waals surface area contributed by atoms with Gasteiger partial charge in [0.05, 0.1) is 10.5 Å².